The van der Waals surface area contributed by atoms with E-state index >= 15 is 0 Å². The molecule has 6 heteroatoms. The van der Waals surface area contributed by atoms with Crippen LogP contribution in [0, 0.1) is 5.82 Å². The highest BCUT2D eigenvalue weighted by atomic mass is 79.9. The number of phenols is 1. The predicted octanol–water partition coefficient (Wildman–Crippen LogP) is 6.73. The minimum atomic E-state index is -0.597. The number of benzene rings is 3. The van der Waals surface area contributed by atoms with Crippen LogP contribution in [0.1, 0.15) is 47.8 Å². The van der Waals surface area contributed by atoms with E-state index in [9.17, 15) is 9.50 Å². The summed E-state index contributed by atoms with van der Waals surface area (Å²) in [6, 6.07) is 17.8. The van der Waals surface area contributed by atoms with Crippen LogP contribution >= 0.6 is 27.5 Å². The molecule has 0 aromatic heterocycles. The molecule has 0 spiro atoms. The third-order valence-corrected chi connectivity index (χ3v) is 6.08. The predicted molar refractivity (Wildman–Crippen MR) is 123 cm³/mol. The maximum atomic E-state index is 14.7. The highest BCUT2D eigenvalue weighted by molar-refractivity contribution is 9.10. The Morgan fingerprint density at radius 3 is 2.60 bits per heavy atom. The van der Waals surface area contributed by atoms with Crippen LogP contribution in [0.15, 0.2) is 70.1 Å². The highest BCUT2D eigenvalue weighted by Gasteiger charge is 2.29. The summed E-state index contributed by atoms with van der Waals surface area (Å²) < 4.78 is 15.4. The Morgan fingerprint density at radius 2 is 1.87 bits per heavy atom. The quantitative estimate of drug-likeness (QED) is 0.428. The van der Waals surface area contributed by atoms with Crippen molar-refractivity contribution in [1.82, 2.24) is 5.32 Å². The second-order valence-corrected chi connectivity index (χ2v) is 8.67. The van der Waals surface area contributed by atoms with E-state index in [4.69, 9.17) is 16.6 Å². The standard InChI is InChI=1S/C24H21BrClFN2O/c1-2-14-3-5-15(6-4-14)21-13-22(19-12-17(26)8-10-23(19)30)29-24(28-21)18-11-16(25)7-9-20(18)27/h3-12,22,24,29-30H,2,13H2,1H3. The van der Waals surface area contributed by atoms with Gasteiger partial charge >= 0.3 is 0 Å². The summed E-state index contributed by atoms with van der Waals surface area (Å²) in [6.45, 7) is 2.11. The summed E-state index contributed by atoms with van der Waals surface area (Å²) in [6.07, 6.45) is 0.908. The molecule has 2 N–H and O–H groups in total. The molecule has 1 heterocycles. The summed E-state index contributed by atoms with van der Waals surface area (Å²) in [5.74, 6) is -0.191. The molecule has 0 saturated carbocycles. The molecule has 2 unspecified atom stereocenters. The van der Waals surface area contributed by atoms with E-state index in [-0.39, 0.29) is 17.6 Å². The summed E-state index contributed by atoms with van der Waals surface area (Å²) in [4.78, 5) is 4.84. The van der Waals surface area contributed by atoms with E-state index in [2.05, 4.69) is 40.3 Å². The number of aromatic hydroxyl groups is 1. The smallest absolute Gasteiger partial charge is 0.129 e. The van der Waals surface area contributed by atoms with Crippen LogP contribution in [0.3, 0.4) is 0 Å². The average Bonchev–Trinajstić information content (AvgIpc) is 2.77. The van der Waals surface area contributed by atoms with Crippen molar-refractivity contribution in [3.63, 3.8) is 0 Å². The molecule has 0 aliphatic carbocycles. The second-order valence-electron chi connectivity index (χ2n) is 7.32. The molecule has 2 atom stereocenters. The van der Waals surface area contributed by atoms with Crippen LogP contribution in [0.4, 0.5) is 4.39 Å². The number of hydrogen-bond acceptors (Lipinski definition) is 3. The molecule has 0 fully saturated rings. The van der Waals surface area contributed by atoms with Crippen LogP contribution in [0.2, 0.25) is 5.02 Å². The van der Waals surface area contributed by atoms with E-state index in [1.165, 1.54) is 11.6 Å². The van der Waals surface area contributed by atoms with Gasteiger partial charge in [0.2, 0.25) is 0 Å². The maximum absolute atomic E-state index is 14.7. The Labute approximate surface area is 188 Å². The Balaban J connectivity index is 1.79. The van der Waals surface area contributed by atoms with Gasteiger partial charge in [-0.25, -0.2) is 4.39 Å². The van der Waals surface area contributed by atoms with Crippen molar-refractivity contribution in [2.45, 2.75) is 32.0 Å². The van der Waals surface area contributed by atoms with Gasteiger partial charge in [0.15, 0.2) is 0 Å². The minimum absolute atomic E-state index is 0.146. The number of phenolic OH excluding ortho intramolecular Hbond substituents is 1. The second kappa shape index (κ2) is 8.88. The van der Waals surface area contributed by atoms with Crippen molar-refractivity contribution in [1.29, 1.82) is 0 Å². The molecule has 1 aliphatic rings. The zero-order chi connectivity index (χ0) is 21.3. The molecule has 0 bridgehead atoms. The first-order valence-corrected chi connectivity index (χ1v) is 11.0. The summed E-state index contributed by atoms with van der Waals surface area (Å²) in [7, 11) is 0. The largest absolute Gasteiger partial charge is 0.508 e. The molecule has 30 heavy (non-hydrogen) atoms. The molecular formula is C24H21BrClFN2O. The number of aryl methyl sites for hydroxylation is 1. The Morgan fingerprint density at radius 1 is 1.10 bits per heavy atom. The molecule has 3 nitrogen and oxygen atoms in total. The van der Waals surface area contributed by atoms with Crippen molar-refractivity contribution < 1.29 is 9.50 Å². The van der Waals surface area contributed by atoms with Crippen LogP contribution in [0.25, 0.3) is 0 Å². The van der Waals surface area contributed by atoms with E-state index in [1.54, 1.807) is 30.3 Å². The molecule has 154 valence electrons. The highest BCUT2D eigenvalue weighted by Crippen LogP contribution is 2.36. The van der Waals surface area contributed by atoms with Crippen molar-refractivity contribution in [2.24, 2.45) is 4.99 Å². The zero-order valence-electron chi connectivity index (χ0n) is 16.4. The van der Waals surface area contributed by atoms with E-state index in [0.717, 1.165) is 22.2 Å². The van der Waals surface area contributed by atoms with Crippen molar-refractivity contribution >= 4 is 33.2 Å². The van der Waals surface area contributed by atoms with E-state index < -0.39 is 6.17 Å². The third-order valence-electron chi connectivity index (χ3n) is 5.35. The number of nitrogens with zero attached hydrogens (tertiary/aromatic N) is 1. The van der Waals surface area contributed by atoms with Gasteiger partial charge in [0.25, 0.3) is 0 Å². The van der Waals surface area contributed by atoms with Crippen molar-refractivity contribution in [3.8, 4) is 5.75 Å². The summed E-state index contributed by atoms with van der Waals surface area (Å²) in [5, 5.41) is 14.4. The summed E-state index contributed by atoms with van der Waals surface area (Å²) in [5.41, 5.74) is 4.19. The summed E-state index contributed by atoms with van der Waals surface area (Å²) >= 11 is 9.61. The molecule has 3 aromatic rings. The van der Waals surface area contributed by atoms with Gasteiger partial charge in [-0.1, -0.05) is 58.7 Å². The van der Waals surface area contributed by atoms with E-state index in [1.807, 2.05) is 12.1 Å². The Hall–Kier alpha value is -2.21. The minimum Gasteiger partial charge on any atom is -0.508 e. The van der Waals surface area contributed by atoms with Crippen LogP contribution in [0.5, 0.6) is 5.75 Å². The third kappa shape index (κ3) is 4.43. The molecular weight excluding hydrogens is 467 g/mol. The van der Waals surface area contributed by atoms with Crippen molar-refractivity contribution in [2.75, 3.05) is 0 Å². The van der Waals surface area contributed by atoms with Crippen LogP contribution < -0.4 is 5.32 Å². The maximum Gasteiger partial charge on any atom is 0.129 e. The van der Waals surface area contributed by atoms with Gasteiger partial charge in [0.05, 0.1) is 0 Å². The number of hydrogen-bond donors (Lipinski definition) is 2. The van der Waals surface area contributed by atoms with Gasteiger partial charge in [0, 0.05) is 38.8 Å². The molecule has 0 radical (unpaired) electrons. The fourth-order valence-corrected chi connectivity index (χ4v) is 4.26. The average molecular weight is 488 g/mol. The normalized spacial score (nSPS) is 18.9. The Bertz CT molecular complexity index is 1100. The van der Waals surface area contributed by atoms with Gasteiger partial charge in [-0.05, 0) is 53.9 Å². The first-order chi connectivity index (χ1) is 14.4. The molecule has 0 amide bonds. The van der Waals surface area contributed by atoms with Gasteiger partial charge in [-0.2, -0.15) is 0 Å². The number of rotatable bonds is 4. The van der Waals surface area contributed by atoms with E-state index in [0.29, 0.717) is 22.6 Å². The lowest BCUT2D eigenvalue weighted by atomic mass is 9.93. The van der Waals surface area contributed by atoms with Crippen LogP contribution in [-0.2, 0) is 6.42 Å². The zero-order valence-corrected chi connectivity index (χ0v) is 18.7. The monoisotopic (exact) mass is 486 g/mol. The first kappa shape index (κ1) is 21.0. The lowest BCUT2D eigenvalue weighted by Crippen LogP contribution is -2.33. The topological polar surface area (TPSA) is 44.6 Å². The molecule has 1 aliphatic heterocycles. The molecule has 0 saturated heterocycles. The first-order valence-electron chi connectivity index (χ1n) is 9.80. The van der Waals surface area contributed by atoms with Gasteiger partial charge in [-0.3, -0.25) is 10.3 Å². The lowest BCUT2D eigenvalue weighted by molar-refractivity contribution is 0.405. The van der Waals surface area contributed by atoms with Gasteiger partial charge < -0.3 is 5.11 Å². The van der Waals surface area contributed by atoms with Crippen molar-refractivity contribution in [3.05, 3.63) is 98.2 Å². The number of nitrogens with one attached hydrogen (secondary N) is 1. The van der Waals surface area contributed by atoms with Crippen LogP contribution in [-0.4, -0.2) is 10.8 Å². The number of aliphatic imine (C=N–C) groups is 1. The lowest BCUT2D eigenvalue weighted by Gasteiger charge is -2.31. The van der Waals surface area contributed by atoms with Gasteiger partial charge in [-0.15, -0.1) is 0 Å². The fourth-order valence-electron chi connectivity index (χ4n) is 3.70. The molecule has 4 rings (SSSR count). The Kier molecular flexibility index (Phi) is 6.23. The number of halogens is 3. The fraction of sp³-hybridized carbons (Fsp3) is 0.208. The van der Waals surface area contributed by atoms with Gasteiger partial charge in [0.1, 0.15) is 17.7 Å². The molecule has 3 aromatic carbocycles. The SMILES string of the molecule is CCc1ccc(C2=NC(c3cc(Br)ccc3F)NC(c3cc(Cl)ccc3O)C2)cc1.